The number of carbonyl (C=O) groups is 1. The molecular weight excluding hydrogens is 202 g/mol. The summed E-state index contributed by atoms with van der Waals surface area (Å²) in [5.74, 6) is 0.0876. The highest BCUT2D eigenvalue weighted by atomic mass is 16.2. The van der Waals surface area contributed by atoms with Crippen molar-refractivity contribution in [3.05, 3.63) is 0 Å². The van der Waals surface area contributed by atoms with Gasteiger partial charge in [-0.2, -0.15) is 5.26 Å². The fraction of sp³-hybridized carbons (Fsp3) is 0.833. The number of nitrogens with one attached hydrogen (secondary N) is 1. The Bertz CT molecular complexity index is 287. The zero-order chi connectivity index (χ0) is 11.4. The molecule has 4 heteroatoms. The summed E-state index contributed by atoms with van der Waals surface area (Å²) in [5.41, 5.74) is 0. The Balaban J connectivity index is 1.80. The smallest absolute Gasteiger partial charge is 0.234 e. The van der Waals surface area contributed by atoms with Crippen molar-refractivity contribution >= 4 is 5.91 Å². The second-order valence-electron chi connectivity index (χ2n) is 4.84. The lowest BCUT2D eigenvalue weighted by atomic mass is 10.2. The second kappa shape index (κ2) is 5.31. The van der Waals surface area contributed by atoms with E-state index in [1.54, 1.807) is 0 Å². The summed E-state index contributed by atoms with van der Waals surface area (Å²) in [6, 6.07) is 3.03. The van der Waals surface area contributed by atoms with Crippen molar-refractivity contribution in [3.8, 4) is 6.07 Å². The number of rotatable bonds is 5. The molecule has 0 aromatic heterocycles. The van der Waals surface area contributed by atoms with Gasteiger partial charge in [-0.15, -0.1) is 0 Å². The number of hydrogen-bond acceptors (Lipinski definition) is 3. The maximum absolute atomic E-state index is 11.7. The first kappa shape index (κ1) is 11.4. The first-order valence-corrected chi connectivity index (χ1v) is 6.20. The van der Waals surface area contributed by atoms with Crippen molar-refractivity contribution in [2.45, 2.75) is 50.6 Å². The first-order chi connectivity index (χ1) is 7.79. The number of nitriles is 1. The molecule has 88 valence electrons. The number of carbonyl (C=O) groups excluding carboxylic acids is 1. The third-order valence-electron chi connectivity index (χ3n) is 3.40. The summed E-state index contributed by atoms with van der Waals surface area (Å²) in [6.45, 7) is 0.775. The van der Waals surface area contributed by atoms with Gasteiger partial charge in [-0.1, -0.05) is 12.8 Å². The molecule has 1 amide bonds. The van der Waals surface area contributed by atoms with E-state index in [1.165, 1.54) is 12.8 Å². The SMILES string of the molecule is N#CCN(CC(=O)NC1CC1)C1CCCC1. The minimum absolute atomic E-state index is 0.0876. The van der Waals surface area contributed by atoms with Gasteiger partial charge in [0.15, 0.2) is 0 Å². The second-order valence-corrected chi connectivity index (χ2v) is 4.84. The monoisotopic (exact) mass is 221 g/mol. The zero-order valence-corrected chi connectivity index (χ0v) is 9.61. The van der Waals surface area contributed by atoms with E-state index >= 15 is 0 Å². The largest absolute Gasteiger partial charge is 0.352 e. The summed E-state index contributed by atoms with van der Waals surface area (Å²) >= 11 is 0. The van der Waals surface area contributed by atoms with Gasteiger partial charge in [0.25, 0.3) is 0 Å². The number of amides is 1. The lowest BCUT2D eigenvalue weighted by Crippen LogP contribution is -2.42. The van der Waals surface area contributed by atoms with E-state index < -0.39 is 0 Å². The predicted octanol–water partition coefficient (Wildman–Crippen LogP) is 1.03. The maximum Gasteiger partial charge on any atom is 0.234 e. The molecule has 2 fully saturated rings. The summed E-state index contributed by atoms with van der Waals surface area (Å²) in [4.78, 5) is 13.7. The van der Waals surface area contributed by atoms with E-state index in [0.29, 0.717) is 25.2 Å². The van der Waals surface area contributed by atoms with Gasteiger partial charge in [0.2, 0.25) is 5.91 Å². The van der Waals surface area contributed by atoms with E-state index in [0.717, 1.165) is 25.7 Å². The average molecular weight is 221 g/mol. The van der Waals surface area contributed by atoms with Gasteiger partial charge < -0.3 is 5.32 Å². The number of nitrogens with zero attached hydrogens (tertiary/aromatic N) is 2. The Labute approximate surface area is 96.6 Å². The van der Waals surface area contributed by atoms with E-state index in [-0.39, 0.29) is 5.91 Å². The highest BCUT2D eigenvalue weighted by Crippen LogP contribution is 2.23. The van der Waals surface area contributed by atoms with Crippen LogP contribution < -0.4 is 5.32 Å². The molecule has 0 radical (unpaired) electrons. The Hall–Kier alpha value is -1.08. The summed E-state index contributed by atoms with van der Waals surface area (Å²) in [7, 11) is 0. The molecule has 0 aromatic rings. The van der Waals surface area contributed by atoms with Gasteiger partial charge in [0, 0.05) is 12.1 Å². The van der Waals surface area contributed by atoms with Gasteiger partial charge in [0.1, 0.15) is 0 Å². The summed E-state index contributed by atoms with van der Waals surface area (Å²) in [5, 5.41) is 11.8. The fourth-order valence-corrected chi connectivity index (χ4v) is 2.36. The van der Waals surface area contributed by atoms with Crippen LogP contribution in [0.5, 0.6) is 0 Å². The van der Waals surface area contributed by atoms with Crippen LogP contribution >= 0.6 is 0 Å². The van der Waals surface area contributed by atoms with Crippen molar-refractivity contribution in [2.24, 2.45) is 0 Å². The Morgan fingerprint density at radius 1 is 1.31 bits per heavy atom. The van der Waals surface area contributed by atoms with Crippen molar-refractivity contribution < 1.29 is 4.79 Å². The van der Waals surface area contributed by atoms with E-state index in [2.05, 4.69) is 11.4 Å². The van der Waals surface area contributed by atoms with E-state index in [1.807, 2.05) is 4.90 Å². The first-order valence-electron chi connectivity index (χ1n) is 6.20. The zero-order valence-electron chi connectivity index (χ0n) is 9.61. The van der Waals surface area contributed by atoms with Crippen molar-refractivity contribution in [1.29, 1.82) is 5.26 Å². The Morgan fingerprint density at radius 3 is 2.56 bits per heavy atom. The molecule has 2 aliphatic carbocycles. The third-order valence-corrected chi connectivity index (χ3v) is 3.40. The standard InChI is InChI=1S/C12H19N3O/c13-7-8-15(11-3-1-2-4-11)9-12(16)14-10-5-6-10/h10-11H,1-6,8-9H2,(H,14,16). The van der Waals surface area contributed by atoms with Crippen LogP contribution in [0.15, 0.2) is 0 Å². The summed E-state index contributed by atoms with van der Waals surface area (Å²) < 4.78 is 0. The molecule has 16 heavy (non-hydrogen) atoms. The molecule has 0 aromatic carbocycles. The highest BCUT2D eigenvalue weighted by Gasteiger charge is 2.27. The molecule has 2 rings (SSSR count). The van der Waals surface area contributed by atoms with Gasteiger partial charge >= 0.3 is 0 Å². The molecule has 2 aliphatic rings. The Morgan fingerprint density at radius 2 is 2.00 bits per heavy atom. The molecule has 1 N–H and O–H groups in total. The van der Waals surface area contributed by atoms with Crippen molar-refractivity contribution in [3.63, 3.8) is 0 Å². The predicted molar refractivity (Wildman–Crippen MR) is 60.6 cm³/mol. The molecule has 0 heterocycles. The molecule has 0 saturated heterocycles. The fourth-order valence-electron chi connectivity index (χ4n) is 2.36. The minimum atomic E-state index is 0.0876. The molecule has 0 atom stereocenters. The van der Waals surface area contributed by atoms with Gasteiger partial charge in [0.05, 0.1) is 19.2 Å². The van der Waals surface area contributed by atoms with Crippen molar-refractivity contribution in [2.75, 3.05) is 13.1 Å². The molecule has 0 aliphatic heterocycles. The van der Waals surface area contributed by atoms with Crippen LogP contribution in [-0.4, -0.2) is 36.0 Å². The molecular formula is C12H19N3O. The van der Waals surface area contributed by atoms with Gasteiger partial charge in [-0.3, -0.25) is 9.69 Å². The van der Waals surface area contributed by atoms with Crippen LogP contribution in [0.1, 0.15) is 38.5 Å². The van der Waals surface area contributed by atoms with E-state index in [4.69, 9.17) is 5.26 Å². The molecule has 2 saturated carbocycles. The third kappa shape index (κ3) is 3.21. The van der Waals surface area contributed by atoms with E-state index in [9.17, 15) is 4.79 Å². The lowest BCUT2D eigenvalue weighted by Gasteiger charge is -2.25. The van der Waals surface area contributed by atoms with Gasteiger partial charge in [-0.25, -0.2) is 0 Å². The van der Waals surface area contributed by atoms with Crippen LogP contribution in [-0.2, 0) is 4.79 Å². The molecule has 0 spiro atoms. The normalized spacial score (nSPS) is 21.0. The Kier molecular flexibility index (Phi) is 3.79. The van der Waals surface area contributed by atoms with Crippen LogP contribution in [0.4, 0.5) is 0 Å². The highest BCUT2D eigenvalue weighted by molar-refractivity contribution is 5.78. The van der Waals surface area contributed by atoms with Crippen LogP contribution in [0, 0.1) is 11.3 Å². The molecule has 0 unspecified atom stereocenters. The minimum Gasteiger partial charge on any atom is -0.352 e. The number of hydrogen-bond donors (Lipinski definition) is 1. The quantitative estimate of drug-likeness (QED) is 0.705. The topological polar surface area (TPSA) is 56.1 Å². The average Bonchev–Trinajstić information content (AvgIpc) is 2.90. The van der Waals surface area contributed by atoms with Gasteiger partial charge in [-0.05, 0) is 25.7 Å². The van der Waals surface area contributed by atoms with Crippen LogP contribution in [0.3, 0.4) is 0 Å². The maximum atomic E-state index is 11.7. The van der Waals surface area contributed by atoms with Crippen LogP contribution in [0.25, 0.3) is 0 Å². The summed E-state index contributed by atoms with van der Waals surface area (Å²) in [6.07, 6.45) is 6.98. The van der Waals surface area contributed by atoms with Crippen LogP contribution in [0.2, 0.25) is 0 Å². The molecule has 0 bridgehead atoms. The molecule has 4 nitrogen and oxygen atoms in total. The lowest BCUT2D eigenvalue weighted by molar-refractivity contribution is -0.122. The van der Waals surface area contributed by atoms with Crippen molar-refractivity contribution in [1.82, 2.24) is 10.2 Å².